The lowest BCUT2D eigenvalue weighted by atomic mass is 9.79. The van der Waals surface area contributed by atoms with Gasteiger partial charge in [0.1, 0.15) is 34.0 Å². The van der Waals surface area contributed by atoms with E-state index in [9.17, 15) is 28.0 Å². The number of benzene rings is 6. The number of hydrogen-bond donors (Lipinski definition) is 7. The standard InChI is InChI=1S/C19H14FN3.C18H17BrN2O2.C13H9BrN2.C12H17BFNO2.C10H13IN2O2.C10H18O5.C8H5Br.C5H5IN2/c20-16-9-14(5-6-17(16)21)12-1-3-13(4-2-12)19-10-15-11-22-8-7-18(15)23-19;1-18(2,3)23-17(22)21-16-10-11-20-12-14(16)7-4-13-5-8-15(19)9-6-13;14-11-3-1-9(2-4-11)13-7-10-8-15-6-5-12(10)16-13;1-11(2)12(3,4)17-13(16-11)8-5-6-10(15)9(14)7-8;1-10(2,3)15-9(14)13-8-4-5-12-6-7(8)11;1-9(2,3)14-7(11)13-8(12)15-10(4,5)6;1-2-7-3-5-8(9)6-4-7;6-4-3-8-2-1-5(4)7/h1-11,23H,21H2;5-6,8-12H,1-3H3,(H,20,21,22);1-8,16H;5-7H,15H2,1-4H3;4-6H,1-3H3,(H,12,13,14);1-6H3;1,3-6H;1-3H,(H2,7,8). The summed E-state index contributed by atoms with van der Waals surface area (Å²) in [5.74, 6) is 7.76. The van der Waals surface area contributed by atoms with Crippen molar-refractivity contribution in [1.29, 1.82) is 0 Å². The summed E-state index contributed by atoms with van der Waals surface area (Å²) in [7, 11) is -0.546. The van der Waals surface area contributed by atoms with Crippen LogP contribution in [0.1, 0.15) is 127 Å². The van der Waals surface area contributed by atoms with E-state index < -0.39 is 76.9 Å². The first-order valence-electron chi connectivity index (χ1n) is 38.8. The van der Waals surface area contributed by atoms with Crippen molar-refractivity contribution in [2.45, 2.75) is 144 Å². The number of halogens is 7. The lowest BCUT2D eigenvalue weighted by molar-refractivity contribution is -0.0294. The monoisotopic (exact) mass is 2120 g/mol. The summed E-state index contributed by atoms with van der Waals surface area (Å²) >= 11 is 14.4. The molecule has 14 rings (SSSR count). The predicted octanol–water partition coefficient (Wildman–Crippen LogP) is 24.5. The van der Waals surface area contributed by atoms with Crippen molar-refractivity contribution in [2.24, 2.45) is 0 Å². The first kappa shape index (κ1) is 102. The highest BCUT2D eigenvalue weighted by molar-refractivity contribution is 14.1. The van der Waals surface area contributed by atoms with Gasteiger partial charge in [-0.05, 0) is 311 Å². The molecule has 1 fully saturated rings. The number of H-pyrrole nitrogens is 2. The molecule has 0 saturated carbocycles. The van der Waals surface area contributed by atoms with Crippen LogP contribution < -0.4 is 33.3 Å². The number of carbonyl (C=O) groups is 4. The van der Waals surface area contributed by atoms with Gasteiger partial charge in [-0.25, -0.2) is 28.0 Å². The molecule has 0 radical (unpaired) electrons. The third-order valence-electron chi connectivity index (χ3n) is 16.9. The molecule has 2 amide bonds. The van der Waals surface area contributed by atoms with E-state index in [1.54, 1.807) is 121 Å². The molecule has 1 saturated heterocycles. The minimum Gasteiger partial charge on any atom is -0.444 e. The number of nitrogens with one attached hydrogen (secondary N) is 4. The van der Waals surface area contributed by atoms with Crippen LogP contribution in [-0.2, 0) is 33.0 Å². The molecular formula is C95H98BBr3F2I2N12O11. The Morgan fingerprint density at radius 1 is 0.444 bits per heavy atom. The minimum absolute atomic E-state index is 0.130. The maximum atomic E-state index is 13.6. The Morgan fingerprint density at radius 3 is 1.25 bits per heavy atom. The third kappa shape index (κ3) is 35.3. The second kappa shape index (κ2) is 46.8. The first-order valence-corrected chi connectivity index (χ1v) is 43.3. The number of ether oxygens (including phenoxy) is 5. The fourth-order valence-electron chi connectivity index (χ4n) is 10.2. The zero-order valence-electron chi connectivity index (χ0n) is 72.3. The van der Waals surface area contributed by atoms with Crippen molar-refractivity contribution in [3.63, 3.8) is 0 Å². The zero-order chi connectivity index (χ0) is 92.9. The molecule has 10 N–H and O–H groups in total. The molecule has 0 spiro atoms. The van der Waals surface area contributed by atoms with E-state index in [4.69, 9.17) is 51.9 Å². The number of nitrogens with two attached hydrogens (primary N) is 3. The number of fused-ring (bicyclic) bond motifs is 2. The highest BCUT2D eigenvalue weighted by Gasteiger charge is 2.52. The van der Waals surface area contributed by atoms with Gasteiger partial charge in [-0.3, -0.25) is 35.6 Å². The van der Waals surface area contributed by atoms with Crippen LogP contribution in [0.4, 0.5) is 56.4 Å². The molecule has 23 nitrogen and oxygen atoms in total. The summed E-state index contributed by atoms with van der Waals surface area (Å²) in [6.07, 6.45) is 19.2. The molecule has 31 heteroatoms. The molecule has 1 aliphatic heterocycles. The molecule has 0 unspecified atom stereocenters. The van der Waals surface area contributed by atoms with Crippen molar-refractivity contribution >= 4 is 180 Å². The SMILES string of the molecule is Brc1ccc(-c2cc3cnccc3[nH]2)cc1.C#Cc1ccc(Br)cc1.CC(C)(C)OC(=O)Nc1ccncc1C#Cc1ccc(Br)cc1.CC(C)(C)OC(=O)Nc1ccncc1I.CC(C)(C)OC(=O)OC(=O)OC(C)(C)C.CC1(C)OB(c2ccc(N)c(F)c2)OC1(C)C.Nc1ccc(-c2ccc(-c3cc4cnccc4[nH]3)cc2)cc1F.Nc1ccncc1I. The number of amides is 2. The minimum atomic E-state index is -1.06. The topological polar surface area (TPSA) is 331 Å². The van der Waals surface area contributed by atoms with Gasteiger partial charge in [0, 0.05) is 125 Å². The number of nitrogens with zero attached hydrogens (tertiary/aromatic N) is 5. The largest absolute Gasteiger partial charge is 0.519 e. The van der Waals surface area contributed by atoms with Crippen LogP contribution in [0, 0.1) is 43.0 Å². The number of carbonyl (C=O) groups excluding carboxylic acids is 4. The maximum Gasteiger partial charge on any atom is 0.519 e. The molecule has 6 aromatic carbocycles. The molecule has 0 atom stereocenters. The fourth-order valence-corrected chi connectivity index (χ4v) is 11.8. The Morgan fingerprint density at radius 2 is 0.825 bits per heavy atom. The summed E-state index contributed by atoms with van der Waals surface area (Å²) in [4.78, 5) is 72.1. The van der Waals surface area contributed by atoms with E-state index >= 15 is 0 Å². The van der Waals surface area contributed by atoms with Crippen molar-refractivity contribution < 1.29 is 61.0 Å². The number of anilines is 5. The number of aromatic amines is 2. The average molecular weight is 2130 g/mol. The predicted molar refractivity (Wildman–Crippen MR) is 525 cm³/mol. The van der Waals surface area contributed by atoms with Crippen molar-refractivity contribution in [3.8, 4) is 57.8 Å². The molecule has 7 aromatic heterocycles. The van der Waals surface area contributed by atoms with E-state index in [2.05, 4.69) is 185 Å². The molecule has 13 aromatic rings. The Bertz CT molecular complexity index is 5800. The van der Waals surface area contributed by atoms with Crippen LogP contribution in [0.5, 0.6) is 0 Å². The van der Waals surface area contributed by atoms with Crippen LogP contribution >= 0.6 is 93.0 Å². The second-order valence-electron chi connectivity index (χ2n) is 32.3. The molecular weight excluding hydrogens is 2030 g/mol. The van der Waals surface area contributed by atoms with E-state index in [0.29, 0.717) is 22.4 Å². The van der Waals surface area contributed by atoms with Gasteiger partial charge in [0.2, 0.25) is 0 Å². The van der Waals surface area contributed by atoms with Crippen LogP contribution in [0.25, 0.3) is 55.4 Å². The first-order chi connectivity index (χ1) is 59.1. The summed E-state index contributed by atoms with van der Waals surface area (Å²) in [5.41, 5.74) is 26.9. The summed E-state index contributed by atoms with van der Waals surface area (Å²) in [6.45, 7) is 28.8. The number of rotatable bonds is 6. The number of pyridine rings is 5. The van der Waals surface area contributed by atoms with Crippen LogP contribution in [-0.4, -0.2) is 100 Å². The number of hydrogen-bond acceptors (Lipinski definition) is 19. The van der Waals surface area contributed by atoms with Gasteiger partial charge in [-0.2, -0.15) is 0 Å². The molecule has 656 valence electrons. The summed E-state index contributed by atoms with van der Waals surface area (Å²) in [6, 6.07) is 54.3. The molecule has 126 heavy (non-hydrogen) atoms. The molecule has 0 bridgehead atoms. The lowest BCUT2D eigenvalue weighted by Crippen LogP contribution is -2.41. The summed E-state index contributed by atoms with van der Waals surface area (Å²) < 4.78 is 67.8. The van der Waals surface area contributed by atoms with Crippen LogP contribution in [0.3, 0.4) is 0 Å². The summed E-state index contributed by atoms with van der Waals surface area (Å²) in [5, 5.41) is 7.57. The quantitative estimate of drug-likeness (QED) is 0.0155. The number of aromatic nitrogens is 7. The van der Waals surface area contributed by atoms with E-state index in [-0.39, 0.29) is 11.4 Å². The third-order valence-corrected chi connectivity index (χ3v) is 20.2. The number of terminal acetylenes is 1. The fraction of sp³-hybridized carbons (Fsp3) is 0.232. The van der Waals surface area contributed by atoms with Crippen LogP contribution in [0.15, 0.2) is 251 Å². The van der Waals surface area contributed by atoms with Gasteiger partial charge < -0.3 is 60.2 Å². The lowest BCUT2D eigenvalue weighted by Gasteiger charge is -2.32. The van der Waals surface area contributed by atoms with E-state index in [0.717, 1.165) is 87.3 Å². The Hall–Kier alpha value is -11.3. The molecule has 1 aliphatic rings. The van der Waals surface area contributed by atoms with Crippen molar-refractivity contribution in [3.05, 3.63) is 287 Å². The Labute approximate surface area is 786 Å². The van der Waals surface area contributed by atoms with Gasteiger partial charge >= 0.3 is 31.6 Å². The van der Waals surface area contributed by atoms with Crippen molar-refractivity contribution in [2.75, 3.05) is 27.8 Å². The second-order valence-corrected chi connectivity index (χ2v) is 37.4. The van der Waals surface area contributed by atoms with Crippen molar-refractivity contribution in [1.82, 2.24) is 34.9 Å². The number of nitrogen functional groups attached to an aromatic ring is 3. The highest BCUT2D eigenvalue weighted by atomic mass is 127. The zero-order valence-corrected chi connectivity index (χ0v) is 81.3. The van der Waals surface area contributed by atoms with Gasteiger partial charge in [-0.15, -0.1) is 6.42 Å². The van der Waals surface area contributed by atoms with Crippen LogP contribution in [0.2, 0.25) is 0 Å². The Kier molecular flexibility index (Phi) is 37.8. The van der Waals surface area contributed by atoms with Gasteiger partial charge in [0.25, 0.3) is 0 Å². The van der Waals surface area contributed by atoms with Gasteiger partial charge in [0.05, 0.1) is 46.7 Å². The Balaban J connectivity index is 0.000000201. The average Bonchev–Trinajstić information content (AvgIpc) is 1.63. The van der Waals surface area contributed by atoms with E-state index in [1.807, 2.05) is 185 Å². The maximum absolute atomic E-state index is 13.6. The molecule has 8 heterocycles. The molecule has 0 aliphatic carbocycles. The van der Waals surface area contributed by atoms with E-state index in [1.165, 1.54) is 23.8 Å². The highest BCUT2D eigenvalue weighted by Crippen LogP contribution is 2.37. The van der Waals surface area contributed by atoms with Gasteiger partial charge in [-0.1, -0.05) is 114 Å². The smallest absolute Gasteiger partial charge is 0.444 e. The normalized spacial score (nSPS) is 12.1. The van der Waals surface area contributed by atoms with Gasteiger partial charge in [0.15, 0.2) is 0 Å².